The predicted octanol–water partition coefficient (Wildman–Crippen LogP) is 1.23. The SMILES string of the molecule is CN(C(=O)C1NNC2CCN(C(=O)c3cc4cccc(F)c4[nH]3)CC21)C1CC1. The Morgan fingerprint density at radius 3 is 2.79 bits per heavy atom. The van der Waals surface area contributed by atoms with Crippen molar-refractivity contribution in [3.05, 3.63) is 35.8 Å². The van der Waals surface area contributed by atoms with E-state index < -0.39 is 0 Å². The summed E-state index contributed by atoms with van der Waals surface area (Å²) in [5, 5.41) is 0.682. The van der Waals surface area contributed by atoms with Gasteiger partial charge in [0, 0.05) is 43.5 Å². The average molecular weight is 385 g/mol. The molecule has 1 aliphatic carbocycles. The zero-order chi connectivity index (χ0) is 19.4. The van der Waals surface area contributed by atoms with Crippen LogP contribution in [-0.2, 0) is 4.79 Å². The molecule has 7 nitrogen and oxygen atoms in total. The Morgan fingerprint density at radius 1 is 1.21 bits per heavy atom. The Kier molecular flexibility index (Phi) is 4.13. The maximum Gasteiger partial charge on any atom is 0.270 e. The fourth-order valence-corrected chi connectivity index (χ4v) is 4.50. The lowest BCUT2D eigenvalue weighted by atomic mass is 9.87. The molecular weight excluding hydrogens is 361 g/mol. The molecule has 3 fully saturated rings. The minimum atomic E-state index is -0.367. The molecule has 2 amide bonds. The molecule has 1 aromatic heterocycles. The molecule has 2 saturated heterocycles. The van der Waals surface area contributed by atoms with Crippen LogP contribution >= 0.6 is 0 Å². The van der Waals surface area contributed by atoms with Gasteiger partial charge in [0.2, 0.25) is 5.91 Å². The van der Waals surface area contributed by atoms with Gasteiger partial charge in [0.25, 0.3) is 5.91 Å². The summed E-state index contributed by atoms with van der Waals surface area (Å²) < 4.78 is 14.0. The Bertz CT molecular complexity index is 940. The number of halogens is 1. The number of carbonyl (C=O) groups excluding carboxylic acids is 2. The monoisotopic (exact) mass is 385 g/mol. The van der Waals surface area contributed by atoms with E-state index in [9.17, 15) is 14.0 Å². The number of nitrogens with one attached hydrogen (secondary N) is 3. The molecule has 0 spiro atoms. The Morgan fingerprint density at radius 2 is 2.04 bits per heavy atom. The molecule has 3 heterocycles. The maximum atomic E-state index is 14.0. The smallest absolute Gasteiger partial charge is 0.270 e. The van der Waals surface area contributed by atoms with E-state index in [1.54, 1.807) is 23.1 Å². The van der Waals surface area contributed by atoms with Crippen molar-refractivity contribution in [1.82, 2.24) is 25.6 Å². The number of aromatic amines is 1. The summed E-state index contributed by atoms with van der Waals surface area (Å²) in [6, 6.07) is 6.69. The van der Waals surface area contributed by atoms with Gasteiger partial charge >= 0.3 is 0 Å². The van der Waals surface area contributed by atoms with Gasteiger partial charge in [-0.05, 0) is 31.4 Å². The van der Waals surface area contributed by atoms with Crippen LogP contribution in [0.2, 0.25) is 0 Å². The summed E-state index contributed by atoms with van der Waals surface area (Å²) in [7, 11) is 1.86. The molecule has 8 heteroatoms. The number of benzene rings is 1. The first-order valence-electron chi connectivity index (χ1n) is 9.87. The zero-order valence-electron chi connectivity index (χ0n) is 15.7. The van der Waals surface area contributed by atoms with Gasteiger partial charge < -0.3 is 14.8 Å². The van der Waals surface area contributed by atoms with E-state index in [4.69, 9.17) is 0 Å². The minimum Gasteiger partial charge on any atom is -0.348 e. The number of hydrogen-bond donors (Lipinski definition) is 3. The second-order valence-electron chi connectivity index (χ2n) is 8.14. The van der Waals surface area contributed by atoms with Crippen molar-refractivity contribution in [2.45, 2.75) is 37.4 Å². The van der Waals surface area contributed by atoms with E-state index in [0.29, 0.717) is 35.7 Å². The van der Waals surface area contributed by atoms with Crippen LogP contribution < -0.4 is 10.9 Å². The second-order valence-corrected chi connectivity index (χ2v) is 8.14. The molecule has 3 atom stereocenters. The third kappa shape index (κ3) is 2.87. The minimum absolute atomic E-state index is 0.0208. The third-order valence-electron chi connectivity index (χ3n) is 6.34. The molecule has 2 aromatic rings. The highest BCUT2D eigenvalue weighted by atomic mass is 19.1. The average Bonchev–Trinajstić information content (AvgIpc) is 3.31. The highest BCUT2D eigenvalue weighted by molar-refractivity contribution is 5.98. The van der Waals surface area contributed by atoms with Crippen molar-refractivity contribution in [1.29, 1.82) is 0 Å². The standard InChI is InChI=1S/C20H24FN5O2/c1-25(12-5-6-12)20(28)18-13-10-26(8-7-15(13)23-24-18)19(27)16-9-11-3-2-4-14(21)17(11)22-16/h2-4,9,12-13,15,18,22-24H,5-8,10H2,1H3. The molecule has 3 aliphatic rings. The molecule has 2 aliphatic heterocycles. The number of likely N-dealkylation sites (N-methyl/N-ethyl adjacent to an activating group) is 1. The largest absolute Gasteiger partial charge is 0.348 e. The van der Waals surface area contributed by atoms with Crippen molar-refractivity contribution in [3.63, 3.8) is 0 Å². The van der Waals surface area contributed by atoms with E-state index in [0.717, 1.165) is 19.3 Å². The first-order valence-corrected chi connectivity index (χ1v) is 9.87. The van der Waals surface area contributed by atoms with Crippen LogP contribution in [0.3, 0.4) is 0 Å². The van der Waals surface area contributed by atoms with Gasteiger partial charge in [-0.2, -0.15) is 0 Å². The number of fused-ring (bicyclic) bond motifs is 2. The van der Waals surface area contributed by atoms with Crippen LogP contribution in [-0.4, -0.2) is 64.9 Å². The van der Waals surface area contributed by atoms with Gasteiger partial charge in [0.1, 0.15) is 17.6 Å². The summed E-state index contributed by atoms with van der Waals surface area (Å²) in [5.41, 5.74) is 7.13. The van der Waals surface area contributed by atoms with Crippen molar-refractivity contribution in [2.24, 2.45) is 5.92 Å². The number of amides is 2. The highest BCUT2D eigenvalue weighted by Gasteiger charge is 2.46. The van der Waals surface area contributed by atoms with E-state index in [1.807, 2.05) is 11.9 Å². The number of carbonyl (C=O) groups is 2. The molecule has 0 radical (unpaired) electrons. The number of nitrogens with zero attached hydrogens (tertiary/aromatic N) is 2. The number of rotatable bonds is 3. The lowest BCUT2D eigenvalue weighted by molar-refractivity contribution is -0.133. The van der Waals surface area contributed by atoms with E-state index in [2.05, 4.69) is 15.8 Å². The lowest BCUT2D eigenvalue weighted by Gasteiger charge is -2.36. The second kappa shape index (κ2) is 6.56. The number of aromatic nitrogens is 1. The van der Waals surface area contributed by atoms with Gasteiger partial charge in [-0.25, -0.2) is 9.82 Å². The lowest BCUT2D eigenvalue weighted by Crippen LogP contribution is -2.52. The van der Waals surface area contributed by atoms with E-state index in [1.165, 1.54) is 6.07 Å². The molecular formula is C20H24FN5O2. The summed E-state index contributed by atoms with van der Waals surface area (Å²) in [6.07, 6.45) is 2.91. The number of H-pyrrole nitrogens is 1. The summed E-state index contributed by atoms with van der Waals surface area (Å²) in [6.45, 7) is 1.10. The van der Waals surface area contributed by atoms with Crippen molar-refractivity contribution >= 4 is 22.7 Å². The van der Waals surface area contributed by atoms with Crippen LogP contribution in [0.1, 0.15) is 29.8 Å². The first kappa shape index (κ1) is 17.6. The van der Waals surface area contributed by atoms with E-state index in [-0.39, 0.29) is 35.6 Å². The van der Waals surface area contributed by atoms with Crippen LogP contribution in [0.4, 0.5) is 4.39 Å². The topological polar surface area (TPSA) is 80.5 Å². The molecule has 0 bridgehead atoms. The van der Waals surface area contributed by atoms with Gasteiger partial charge in [0.15, 0.2) is 0 Å². The van der Waals surface area contributed by atoms with Crippen LogP contribution in [0.25, 0.3) is 10.9 Å². The van der Waals surface area contributed by atoms with E-state index >= 15 is 0 Å². The quantitative estimate of drug-likeness (QED) is 0.743. The molecule has 3 N–H and O–H groups in total. The zero-order valence-corrected chi connectivity index (χ0v) is 15.7. The molecule has 28 heavy (non-hydrogen) atoms. The predicted molar refractivity (Wildman–Crippen MR) is 102 cm³/mol. The number of hydrazine groups is 1. The molecule has 148 valence electrons. The van der Waals surface area contributed by atoms with Crippen molar-refractivity contribution < 1.29 is 14.0 Å². The number of hydrogen-bond acceptors (Lipinski definition) is 4. The Hall–Kier alpha value is -2.45. The van der Waals surface area contributed by atoms with Crippen molar-refractivity contribution in [2.75, 3.05) is 20.1 Å². The molecule has 3 unspecified atom stereocenters. The number of likely N-dealkylation sites (tertiary alicyclic amines) is 1. The van der Waals surface area contributed by atoms with Gasteiger partial charge in [-0.15, -0.1) is 0 Å². The summed E-state index contributed by atoms with van der Waals surface area (Å²) in [4.78, 5) is 32.4. The van der Waals surface area contributed by atoms with Crippen LogP contribution in [0.5, 0.6) is 0 Å². The molecule has 5 rings (SSSR count). The molecule has 1 aromatic carbocycles. The number of piperidine rings is 1. The maximum absolute atomic E-state index is 14.0. The van der Waals surface area contributed by atoms with Gasteiger partial charge in [0.05, 0.1) is 5.52 Å². The normalized spacial score (nSPS) is 27.1. The summed E-state index contributed by atoms with van der Waals surface area (Å²) >= 11 is 0. The van der Waals surface area contributed by atoms with Crippen LogP contribution in [0, 0.1) is 11.7 Å². The van der Waals surface area contributed by atoms with Gasteiger partial charge in [-0.3, -0.25) is 15.0 Å². The van der Waals surface area contributed by atoms with Crippen molar-refractivity contribution in [3.8, 4) is 0 Å². The highest BCUT2D eigenvalue weighted by Crippen LogP contribution is 2.30. The fraction of sp³-hybridized carbons (Fsp3) is 0.500. The fourth-order valence-electron chi connectivity index (χ4n) is 4.50. The third-order valence-corrected chi connectivity index (χ3v) is 6.34. The Labute approximate surface area is 162 Å². The Balaban J connectivity index is 1.34. The molecule has 1 saturated carbocycles. The first-order chi connectivity index (χ1) is 13.5. The summed E-state index contributed by atoms with van der Waals surface area (Å²) in [5.74, 6) is -0.409. The van der Waals surface area contributed by atoms with Gasteiger partial charge in [-0.1, -0.05) is 12.1 Å². The number of para-hydroxylation sites is 1. The van der Waals surface area contributed by atoms with Crippen LogP contribution in [0.15, 0.2) is 24.3 Å².